The molecule has 0 radical (unpaired) electrons. The van der Waals surface area contributed by atoms with E-state index in [1.54, 1.807) is 39.0 Å². The Kier molecular flexibility index (Phi) is 6.76. The number of fused-ring (bicyclic) bond motifs is 1. The Hall–Kier alpha value is -2.07. The molecular formula is C24H25Cl2N3O4S. The zero-order chi connectivity index (χ0) is 24.8. The van der Waals surface area contributed by atoms with Gasteiger partial charge in [-0.25, -0.2) is 14.6 Å². The van der Waals surface area contributed by atoms with Gasteiger partial charge in [0.15, 0.2) is 6.04 Å². The fourth-order valence-corrected chi connectivity index (χ4v) is 5.65. The highest BCUT2D eigenvalue weighted by atomic mass is 35.5. The molecule has 0 fully saturated rings. The summed E-state index contributed by atoms with van der Waals surface area (Å²) in [5.41, 5.74) is 1.81. The number of nitrogens with zero attached hydrogens (tertiary/aromatic N) is 3. The number of carbonyl (C=O) groups excluding carboxylic acids is 1. The molecule has 1 N–H and O–H groups in total. The Bertz CT molecular complexity index is 1240. The van der Waals surface area contributed by atoms with E-state index < -0.39 is 28.5 Å². The van der Waals surface area contributed by atoms with Crippen LogP contribution in [0.1, 0.15) is 64.9 Å². The van der Waals surface area contributed by atoms with Crippen molar-refractivity contribution >= 4 is 40.6 Å². The monoisotopic (exact) mass is 521 g/mol. The molecule has 34 heavy (non-hydrogen) atoms. The first-order valence-corrected chi connectivity index (χ1v) is 12.3. The summed E-state index contributed by atoms with van der Waals surface area (Å²) >= 11 is 13.8. The number of benzene rings is 1. The highest BCUT2D eigenvalue weighted by Crippen LogP contribution is 2.46. The summed E-state index contributed by atoms with van der Waals surface area (Å²) in [7, 11) is 0. The van der Waals surface area contributed by atoms with Gasteiger partial charge < -0.3 is 15.1 Å². The minimum atomic E-state index is -1.20. The van der Waals surface area contributed by atoms with Gasteiger partial charge >= 0.3 is 6.09 Å². The summed E-state index contributed by atoms with van der Waals surface area (Å²) in [4.78, 5) is 22.5. The summed E-state index contributed by atoms with van der Waals surface area (Å²) in [5, 5.41) is 25.9. The van der Waals surface area contributed by atoms with Crippen LogP contribution in [0.5, 0.6) is 0 Å². The summed E-state index contributed by atoms with van der Waals surface area (Å²) in [6.07, 6.45) is 1.25. The normalized spacial score (nSPS) is 21.1. The molecule has 3 atom stereocenters. The lowest BCUT2D eigenvalue weighted by Gasteiger charge is -2.48. The van der Waals surface area contributed by atoms with Crippen LogP contribution in [0.4, 0.5) is 4.79 Å². The molecule has 10 heteroatoms. The molecule has 7 nitrogen and oxygen atoms in total. The molecule has 1 aliphatic heterocycles. The van der Waals surface area contributed by atoms with E-state index in [-0.39, 0.29) is 11.7 Å². The average Bonchev–Trinajstić information content (AvgIpc) is 3.13. The van der Waals surface area contributed by atoms with Gasteiger partial charge in [0.05, 0.1) is 6.54 Å². The maximum atomic E-state index is 14.3. The summed E-state index contributed by atoms with van der Waals surface area (Å²) in [6.45, 7) is 7.09. The highest BCUT2D eigenvalue weighted by Gasteiger charge is 2.47. The Morgan fingerprint density at radius 2 is 2.03 bits per heavy atom. The van der Waals surface area contributed by atoms with Crippen molar-refractivity contribution in [3.05, 3.63) is 84.2 Å². The van der Waals surface area contributed by atoms with Gasteiger partial charge in [0, 0.05) is 44.1 Å². The number of ether oxygens (including phenoxy) is 1. The smallest absolute Gasteiger partial charge is 0.517 e. The number of amides is 1. The van der Waals surface area contributed by atoms with E-state index in [9.17, 15) is 15.1 Å². The molecule has 0 aliphatic carbocycles. The molecule has 0 saturated heterocycles. The number of aliphatic hydroxyl groups excluding tert-OH is 1. The van der Waals surface area contributed by atoms with Crippen LogP contribution in [0.15, 0.2) is 36.8 Å². The van der Waals surface area contributed by atoms with E-state index in [0.717, 1.165) is 10.4 Å². The van der Waals surface area contributed by atoms with Gasteiger partial charge in [0.1, 0.15) is 23.2 Å². The Morgan fingerprint density at radius 1 is 1.29 bits per heavy atom. The van der Waals surface area contributed by atoms with Crippen LogP contribution in [-0.4, -0.2) is 38.0 Å². The minimum Gasteiger partial charge on any atom is -0.622 e. The molecule has 3 heterocycles. The molecule has 1 amide bonds. The van der Waals surface area contributed by atoms with Crippen LogP contribution >= 0.6 is 34.5 Å². The number of aryl methyl sites for hydroxylation is 1. The molecule has 1 aliphatic rings. The van der Waals surface area contributed by atoms with Gasteiger partial charge in [-0.1, -0.05) is 29.3 Å². The minimum absolute atomic E-state index is 0.0275. The number of carbonyl (C=O) groups is 1. The molecule has 1 aromatic carbocycles. The van der Waals surface area contributed by atoms with Crippen molar-refractivity contribution < 1.29 is 19.3 Å². The Labute approximate surface area is 212 Å². The van der Waals surface area contributed by atoms with Crippen LogP contribution < -0.4 is 0 Å². The quantitative estimate of drug-likeness (QED) is 0.253. The maximum Gasteiger partial charge on any atom is 0.517 e. The van der Waals surface area contributed by atoms with E-state index in [0.29, 0.717) is 33.0 Å². The number of hydrogen-bond acceptors (Lipinski definition) is 7. The van der Waals surface area contributed by atoms with E-state index in [1.807, 2.05) is 13.0 Å². The fraction of sp³-hybridized carbons (Fsp3) is 0.375. The number of hydrogen-bond donors (Lipinski definition) is 1. The molecule has 4 rings (SSSR count). The van der Waals surface area contributed by atoms with Gasteiger partial charge in [0.2, 0.25) is 0 Å². The predicted molar refractivity (Wildman–Crippen MR) is 132 cm³/mol. The first kappa shape index (κ1) is 25.0. The molecule has 3 aromatic rings. The van der Waals surface area contributed by atoms with E-state index in [1.165, 1.54) is 23.9 Å². The number of thiophene rings is 1. The molecule has 2 aromatic heterocycles. The zero-order valence-electron chi connectivity index (χ0n) is 19.2. The number of halogens is 2. The lowest BCUT2D eigenvalue weighted by Crippen LogP contribution is -2.55. The fourth-order valence-electron chi connectivity index (χ4n) is 4.20. The van der Waals surface area contributed by atoms with Crippen molar-refractivity contribution in [3.8, 4) is 0 Å². The Balaban J connectivity index is 1.85. The zero-order valence-corrected chi connectivity index (χ0v) is 21.5. The van der Waals surface area contributed by atoms with Gasteiger partial charge in [-0.05, 0) is 51.5 Å². The molecule has 0 saturated carbocycles. The second-order valence-electron chi connectivity index (χ2n) is 9.33. The van der Waals surface area contributed by atoms with E-state index >= 15 is 0 Å². The highest BCUT2D eigenvalue weighted by molar-refractivity contribution is 7.12. The van der Waals surface area contributed by atoms with Gasteiger partial charge in [0.25, 0.3) is 0 Å². The number of rotatable bonds is 3. The van der Waals surface area contributed by atoms with E-state index in [4.69, 9.17) is 27.9 Å². The SMILES string of the molecule is Cc1sc(C(O)c2cncnc2Cl)cc1[C@H]1c2cc(Cl)ccc2CC[N+]1([O-])C(=O)OC(C)(C)C. The van der Waals surface area contributed by atoms with Crippen molar-refractivity contribution in [1.82, 2.24) is 9.97 Å². The van der Waals surface area contributed by atoms with Crippen molar-refractivity contribution in [2.75, 3.05) is 6.54 Å². The summed E-state index contributed by atoms with van der Waals surface area (Å²) in [5.74, 6) is 0. The number of aromatic nitrogens is 2. The second kappa shape index (κ2) is 9.18. The molecule has 0 spiro atoms. The molecular weight excluding hydrogens is 497 g/mol. The number of hydroxylamine groups is 3. The average molecular weight is 522 g/mol. The molecule has 0 bridgehead atoms. The lowest BCUT2D eigenvalue weighted by atomic mass is 9.87. The van der Waals surface area contributed by atoms with Crippen molar-refractivity contribution in [2.45, 2.75) is 51.9 Å². The first-order valence-electron chi connectivity index (χ1n) is 10.7. The lowest BCUT2D eigenvalue weighted by molar-refractivity contribution is -0.837. The van der Waals surface area contributed by atoms with Crippen LogP contribution in [-0.2, 0) is 11.2 Å². The van der Waals surface area contributed by atoms with Crippen LogP contribution in [0.3, 0.4) is 0 Å². The third-order valence-corrected chi connectivity index (χ3v) is 7.43. The third kappa shape index (κ3) is 4.71. The third-order valence-electron chi connectivity index (χ3n) is 5.76. The summed E-state index contributed by atoms with van der Waals surface area (Å²) in [6, 6.07) is 6.27. The van der Waals surface area contributed by atoms with Crippen LogP contribution in [0, 0.1) is 12.1 Å². The number of aliphatic hydroxyl groups is 1. The largest absolute Gasteiger partial charge is 0.622 e. The predicted octanol–water partition coefficient (Wildman–Crippen LogP) is 6.13. The van der Waals surface area contributed by atoms with Crippen molar-refractivity contribution in [3.63, 3.8) is 0 Å². The summed E-state index contributed by atoms with van der Waals surface area (Å²) < 4.78 is 4.36. The second-order valence-corrected chi connectivity index (χ2v) is 11.4. The molecule has 2 unspecified atom stereocenters. The Morgan fingerprint density at radius 3 is 2.71 bits per heavy atom. The standard InChI is InChI=1S/C24H25Cl2N3O4S/c1-13-16(10-19(34-13)21(30)18-11-27-12-28-22(18)26)20-17-9-15(25)6-5-14(17)7-8-29(20,32)23(31)33-24(2,3)4/h5-6,9-12,20-21,30H,7-8H2,1-4H3/t20-,21?,29?/m0/s1. The van der Waals surface area contributed by atoms with Gasteiger partial charge in [-0.2, -0.15) is 4.79 Å². The molecule has 180 valence electrons. The van der Waals surface area contributed by atoms with Gasteiger partial charge in [-0.15, -0.1) is 11.3 Å². The van der Waals surface area contributed by atoms with Crippen molar-refractivity contribution in [2.24, 2.45) is 0 Å². The maximum absolute atomic E-state index is 14.3. The first-order chi connectivity index (χ1) is 15.9. The van der Waals surface area contributed by atoms with E-state index in [2.05, 4.69) is 9.97 Å². The van der Waals surface area contributed by atoms with Crippen LogP contribution in [0.2, 0.25) is 10.2 Å². The van der Waals surface area contributed by atoms with Crippen LogP contribution in [0.25, 0.3) is 0 Å². The van der Waals surface area contributed by atoms with Crippen molar-refractivity contribution in [1.29, 1.82) is 0 Å². The number of quaternary nitrogens is 1. The van der Waals surface area contributed by atoms with Gasteiger partial charge in [-0.3, -0.25) is 0 Å². The topological polar surface area (TPSA) is 95.4 Å².